The molecule has 194 valence electrons. The molecular formula is C20H23F6N5O3S. The Labute approximate surface area is 196 Å². The van der Waals surface area contributed by atoms with E-state index >= 15 is 0 Å². The molecule has 0 aliphatic carbocycles. The third-order valence-electron chi connectivity index (χ3n) is 6.44. The van der Waals surface area contributed by atoms with E-state index in [2.05, 4.69) is 20.8 Å². The first-order chi connectivity index (χ1) is 16.1. The molecule has 2 bridgehead atoms. The summed E-state index contributed by atoms with van der Waals surface area (Å²) in [5, 5.41) is 14.8. The maximum atomic E-state index is 13.2. The molecule has 1 N–H and O–H groups in total. The fourth-order valence-corrected chi connectivity index (χ4v) is 5.59. The Kier molecular flexibility index (Phi) is 6.41. The summed E-state index contributed by atoms with van der Waals surface area (Å²) in [6, 6.07) is 1.32. The molecule has 0 saturated carbocycles. The molecule has 1 aromatic carbocycles. The highest BCUT2D eigenvalue weighted by molar-refractivity contribution is 7.89. The number of nitrogens with one attached hydrogen (secondary N) is 1. The van der Waals surface area contributed by atoms with Crippen LogP contribution in [0, 0.1) is 0 Å². The zero-order valence-electron chi connectivity index (χ0n) is 18.7. The minimum Gasteiger partial charge on any atom is -0.372 e. The Hall–Kier alpha value is -2.26. The molecule has 8 nitrogen and oxygen atoms in total. The number of fused-ring (bicyclic) bond motifs is 2. The number of ether oxygens (including phenoxy) is 1. The van der Waals surface area contributed by atoms with Crippen LogP contribution in [-0.2, 0) is 39.4 Å². The van der Waals surface area contributed by atoms with Gasteiger partial charge in [-0.15, -0.1) is 5.10 Å². The van der Waals surface area contributed by atoms with Gasteiger partial charge in [-0.25, -0.2) is 13.1 Å². The molecular weight excluding hydrogens is 504 g/mol. The average Bonchev–Trinajstić information content (AvgIpc) is 3.26. The lowest BCUT2D eigenvalue weighted by Gasteiger charge is -2.39. The predicted octanol–water partition coefficient (Wildman–Crippen LogP) is 3.30. The second-order valence-corrected chi connectivity index (χ2v) is 11.5. The Morgan fingerprint density at radius 1 is 1.11 bits per heavy atom. The van der Waals surface area contributed by atoms with Gasteiger partial charge in [0.15, 0.2) is 15.7 Å². The van der Waals surface area contributed by atoms with Crippen LogP contribution in [-0.4, -0.2) is 52.6 Å². The van der Waals surface area contributed by atoms with Crippen LogP contribution in [0.25, 0.3) is 0 Å². The number of rotatable bonds is 6. The molecule has 4 atom stereocenters. The highest BCUT2D eigenvalue weighted by Gasteiger charge is 2.52. The van der Waals surface area contributed by atoms with Crippen LogP contribution >= 0.6 is 0 Å². The van der Waals surface area contributed by atoms with Crippen LogP contribution in [0.4, 0.5) is 26.3 Å². The Morgan fingerprint density at radius 2 is 1.74 bits per heavy atom. The lowest BCUT2D eigenvalue weighted by molar-refractivity contribution is -0.143. The average molecular weight is 527 g/mol. The molecule has 2 saturated heterocycles. The van der Waals surface area contributed by atoms with E-state index in [9.17, 15) is 34.8 Å². The van der Waals surface area contributed by atoms with Gasteiger partial charge in [0.2, 0.25) is 0 Å². The van der Waals surface area contributed by atoms with Crippen molar-refractivity contribution in [3.63, 3.8) is 0 Å². The molecule has 0 amide bonds. The molecule has 2 aliphatic rings. The quantitative estimate of drug-likeness (QED) is 0.576. The van der Waals surface area contributed by atoms with Gasteiger partial charge < -0.3 is 10.1 Å². The van der Waals surface area contributed by atoms with Crippen LogP contribution < -0.4 is 5.32 Å². The smallest absolute Gasteiger partial charge is 0.372 e. The Morgan fingerprint density at radius 3 is 2.31 bits per heavy atom. The topological polar surface area (TPSA) is 99.0 Å². The van der Waals surface area contributed by atoms with Crippen molar-refractivity contribution in [2.75, 3.05) is 6.26 Å². The van der Waals surface area contributed by atoms with Crippen molar-refractivity contribution in [2.45, 2.75) is 74.6 Å². The number of alkyl halides is 6. The van der Waals surface area contributed by atoms with Gasteiger partial charge >= 0.3 is 12.4 Å². The van der Waals surface area contributed by atoms with E-state index in [0.717, 1.165) is 6.26 Å². The fraction of sp³-hybridized carbons (Fsp3) is 0.650. The Balaban J connectivity index is 1.51. The number of hydrogen-bond donors (Lipinski definition) is 1. The van der Waals surface area contributed by atoms with Gasteiger partial charge in [0, 0.05) is 23.8 Å². The molecule has 2 aromatic rings. The van der Waals surface area contributed by atoms with Crippen molar-refractivity contribution < 1.29 is 39.5 Å². The molecule has 15 heteroatoms. The standard InChI is InChI=1S/C20H23F6N5O3S/c1-18-8-14(17-28-29-30-31(17)10-35(2,32)33)15(27-18)3-4-16(18)34-9-11-5-12(19(21,22)23)7-13(6-11)20(24,25)26/h5-7,14-16,27H,3-4,8-10H2,1-2H3. The Bertz CT molecular complexity index is 1170. The van der Waals surface area contributed by atoms with E-state index in [0.29, 0.717) is 37.2 Å². The van der Waals surface area contributed by atoms with E-state index in [1.807, 2.05) is 6.92 Å². The number of aromatic nitrogens is 4. The number of nitrogens with zero attached hydrogens (tertiary/aromatic N) is 4. The van der Waals surface area contributed by atoms with Crippen LogP contribution in [0.3, 0.4) is 0 Å². The lowest BCUT2D eigenvalue weighted by atomic mass is 9.88. The molecule has 2 fully saturated rings. The number of halogens is 6. The maximum absolute atomic E-state index is 13.2. The van der Waals surface area contributed by atoms with Crippen LogP contribution in [0.15, 0.2) is 18.2 Å². The zero-order valence-corrected chi connectivity index (χ0v) is 19.5. The van der Waals surface area contributed by atoms with Gasteiger partial charge in [-0.1, -0.05) is 0 Å². The van der Waals surface area contributed by atoms with E-state index in [1.165, 1.54) is 4.68 Å². The van der Waals surface area contributed by atoms with Crippen molar-refractivity contribution in [1.82, 2.24) is 25.5 Å². The third-order valence-corrected chi connectivity index (χ3v) is 7.16. The molecule has 0 spiro atoms. The second kappa shape index (κ2) is 8.69. The molecule has 3 heterocycles. The largest absolute Gasteiger partial charge is 0.416 e. The van der Waals surface area contributed by atoms with E-state index in [1.54, 1.807) is 0 Å². The molecule has 4 rings (SSSR count). The van der Waals surface area contributed by atoms with E-state index in [4.69, 9.17) is 4.74 Å². The van der Waals surface area contributed by atoms with Crippen LogP contribution in [0.5, 0.6) is 0 Å². The molecule has 1 aromatic heterocycles. The first-order valence-electron chi connectivity index (χ1n) is 10.7. The first kappa shape index (κ1) is 25.8. The summed E-state index contributed by atoms with van der Waals surface area (Å²) in [6.45, 7) is 1.41. The van der Waals surface area contributed by atoms with Gasteiger partial charge in [-0.3, -0.25) is 0 Å². The van der Waals surface area contributed by atoms with Crippen molar-refractivity contribution in [3.05, 3.63) is 40.7 Å². The molecule has 35 heavy (non-hydrogen) atoms. The monoisotopic (exact) mass is 527 g/mol. The van der Waals surface area contributed by atoms with Crippen molar-refractivity contribution in [2.24, 2.45) is 0 Å². The third kappa shape index (κ3) is 5.61. The minimum absolute atomic E-state index is 0.0832. The molecule has 0 radical (unpaired) electrons. The molecule has 4 unspecified atom stereocenters. The van der Waals surface area contributed by atoms with Crippen molar-refractivity contribution >= 4 is 9.84 Å². The van der Waals surface area contributed by atoms with Gasteiger partial charge in [-0.05, 0) is 60.4 Å². The normalized spacial score (nSPS) is 27.4. The van der Waals surface area contributed by atoms with Gasteiger partial charge in [-0.2, -0.15) is 26.3 Å². The highest BCUT2D eigenvalue weighted by Crippen LogP contribution is 2.45. The minimum atomic E-state index is -4.93. The summed E-state index contributed by atoms with van der Waals surface area (Å²) in [6.07, 6.45) is -7.79. The second-order valence-electron chi connectivity index (χ2n) is 9.36. The van der Waals surface area contributed by atoms with Crippen molar-refractivity contribution in [1.29, 1.82) is 0 Å². The summed E-state index contributed by atoms with van der Waals surface area (Å²) in [4.78, 5) is 0. The summed E-state index contributed by atoms with van der Waals surface area (Å²) in [5.41, 5.74) is -3.68. The lowest BCUT2D eigenvalue weighted by Crippen LogP contribution is -2.54. The van der Waals surface area contributed by atoms with Gasteiger partial charge in [0.1, 0.15) is 5.88 Å². The predicted molar refractivity (Wildman–Crippen MR) is 110 cm³/mol. The van der Waals surface area contributed by atoms with Gasteiger partial charge in [0.25, 0.3) is 0 Å². The summed E-state index contributed by atoms with van der Waals surface area (Å²) in [7, 11) is -3.40. The molecule has 2 aliphatic heterocycles. The van der Waals surface area contributed by atoms with Crippen molar-refractivity contribution in [3.8, 4) is 0 Å². The first-order valence-corrected chi connectivity index (χ1v) is 12.7. The highest BCUT2D eigenvalue weighted by atomic mass is 32.2. The van der Waals surface area contributed by atoms with Crippen LogP contribution in [0.2, 0.25) is 0 Å². The maximum Gasteiger partial charge on any atom is 0.416 e. The SMILES string of the molecule is CC12CC(c3nnnn3CS(C)(=O)=O)C(CCC1OCc1cc(C(F)(F)F)cc(C(F)(F)F)c1)N2. The van der Waals surface area contributed by atoms with Gasteiger partial charge in [0.05, 0.1) is 23.8 Å². The number of benzene rings is 1. The summed E-state index contributed by atoms with van der Waals surface area (Å²) < 4.78 is 109. The van der Waals surface area contributed by atoms with E-state index in [-0.39, 0.29) is 29.5 Å². The number of piperidine rings is 1. The zero-order chi connectivity index (χ0) is 25.8. The number of hydrogen-bond acceptors (Lipinski definition) is 7. The van der Waals surface area contributed by atoms with Crippen LogP contribution in [0.1, 0.15) is 54.6 Å². The summed E-state index contributed by atoms with van der Waals surface area (Å²) in [5.74, 6) is -0.229. The fourth-order valence-electron chi connectivity index (χ4n) is 4.96. The summed E-state index contributed by atoms with van der Waals surface area (Å²) >= 11 is 0. The number of tetrazole rings is 1. The van der Waals surface area contributed by atoms with E-state index < -0.39 is 51.6 Å². The number of sulfone groups is 1.